The summed E-state index contributed by atoms with van der Waals surface area (Å²) in [6, 6.07) is 1.85. The van der Waals surface area contributed by atoms with Crippen LogP contribution in [0.15, 0.2) is 24.3 Å². The Kier molecular flexibility index (Phi) is 5.27. The van der Waals surface area contributed by atoms with E-state index in [1.54, 1.807) is 0 Å². The first kappa shape index (κ1) is 18.3. The van der Waals surface area contributed by atoms with Crippen LogP contribution in [0.1, 0.15) is 11.1 Å². The topological polar surface area (TPSA) is 95.5 Å². The van der Waals surface area contributed by atoms with Crippen molar-refractivity contribution in [1.82, 2.24) is 0 Å². The lowest BCUT2D eigenvalue weighted by atomic mass is 10.1. The van der Waals surface area contributed by atoms with E-state index >= 15 is 0 Å². The lowest BCUT2D eigenvalue weighted by Crippen LogP contribution is -2.03. The van der Waals surface area contributed by atoms with Crippen molar-refractivity contribution in [1.29, 1.82) is 0 Å². The molecule has 0 aliphatic rings. The molecule has 0 N–H and O–H groups in total. The minimum atomic E-state index is -1.37. The van der Waals surface area contributed by atoms with E-state index in [-0.39, 0.29) is 11.1 Å². The maximum Gasteiger partial charge on any atom is 0.305 e. The molecule has 0 unspecified atom stereocenters. The molecule has 132 valence electrons. The van der Waals surface area contributed by atoms with Crippen LogP contribution < -0.4 is 0 Å². The second kappa shape index (κ2) is 7.21. The first-order chi connectivity index (χ1) is 11.7. The Morgan fingerprint density at radius 1 is 0.720 bits per heavy atom. The van der Waals surface area contributed by atoms with Crippen molar-refractivity contribution in [2.24, 2.45) is 0 Å². The third kappa shape index (κ3) is 4.07. The van der Waals surface area contributed by atoms with Crippen LogP contribution in [-0.2, 0) is 18.0 Å². The van der Waals surface area contributed by atoms with E-state index in [2.05, 4.69) is 0 Å². The van der Waals surface area contributed by atoms with Gasteiger partial charge in [0, 0.05) is 35.4 Å². The summed E-state index contributed by atoms with van der Waals surface area (Å²) in [6.07, 6.45) is 0. The van der Waals surface area contributed by atoms with Gasteiger partial charge in [0.15, 0.2) is 0 Å². The number of ether oxygens (including phenoxy) is 1. The summed E-state index contributed by atoms with van der Waals surface area (Å²) in [5.74, 6) is -4.97. The normalized spacial score (nSPS) is 10.7. The van der Waals surface area contributed by atoms with Gasteiger partial charge in [-0.1, -0.05) is 0 Å². The third-order valence-corrected chi connectivity index (χ3v) is 3.14. The highest BCUT2D eigenvalue weighted by Gasteiger charge is 2.20. The molecule has 2 aromatic rings. The molecule has 0 amide bonds. The van der Waals surface area contributed by atoms with E-state index in [1.807, 2.05) is 0 Å². The highest BCUT2D eigenvalue weighted by atomic mass is 19.1. The Balaban J connectivity index is 2.16. The molecular formula is C14H8F4N2O5. The lowest BCUT2D eigenvalue weighted by Gasteiger charge is -2.07. The minimum absolute atomic E-state index is 0.306. The van der Waals surface area contributed by atoms with E-state index < -0.39 is 57.7 Å². The SMILES string of the molecule is O=[N+]([O-])c1cc(COCc2cc([N+](=O)[O-])c(F)cc2F)c(F)cc1F. The molecule has 11 heteroatoms. The monoisotopic (exact) mass is 360 g/mol. The van der Waals surface area contributed by atoms with Gasteiger partial charge in [-0.3, -0.25) is 20.2 Å². The number of halogens is 4. The van der Waals surface area contributed by atoms with Gasteiger partial charge in [-0.2, -0.15) is 8.78 Å². The zero-order chi connectivity index (χ0) is 18.7. The summed E-state index contributed by atoms with van der Waals surface area (Å²) in [4.78, 5) is 19.1. The van der Waals surface area contributed by atoms with Crippen molar-refractivity contribution < 1.29 is 32.1 Å². The molecule has 0 atom stereocenters. The number of nitro benzene ring substituents is 2. The van der Waals surface area contributed by atoms with Crippen LogP contribution in [0, 0.1) is 43.5 Å². The van der Waals surface area contributed by atoms with Gasteiger partial charge in [0.25, 0.3) is 0 Å². The van der Waals surface area contributed by atoms with Gasteiger partial charge in [-0.05, 0) is 0 Å². The number of nitro groups is 2. The molecule has 0 fully saturated rings. The average Bonchev–Trinajstić information content (AvgIpc) is 2.50. The summed E-state index contributed by atoms with van der Waals surface area (Å²) in [7, 11) is 0. The van der Waals surface area contributed by atoms with Gasteiger partial charge < -0.3 is 4.74 Å². The van der Waals surface area contributed by atoms with Crippen molar-refractivity contribution in [3.63, 3.8) is 0 Å². The van der Waals surface area contributed by atoms with Crippen LogP contribution in [0.4, 0.5) is 28.9 Å². The van der Waals surface area contributed by atoms with Crippen LogP contribution in [-0.4, -0.2) is 9.85 Å². The van der Waals surface area contributed by atoms with E-state index in [0.29, 0.717) is 24.3 Å². The zero-order valence-electron chi connectivity index (χ0n) is 12.2. The van der Waals surface area contributed by atoms with Crippen molar-refractivity contribution in [2.75, 3.05) is 0 Å². The molecule has 2 rings (SSSR count). The smallest absolute Gasteiger partial charge is 0.305 e. The minimum Gasteiger partial charge on any atom is -0.372 e. The summed E-state index contributed by atoms with van der Waals surface area (Å²) in [6.45, 7) is -1.20. The Labute approximate surface area is 136 Å². The van der Waals surface area contributed by atoms with Crippen LogP contribution >= 0.6 is 0 Å². The van der Waals surface area contributed by atoms with Gasteiger partial charge >= 0.3 is 11.4 Å². The second-order valence-corrected chi connectivity index (χ2v) is 4.80. The first-order valence-electron chi connectivity index (χ1n) is 6.53. The van der Waals surface area contributed by atoms with E-state index in [9.17, 15) is 37.8 Å². The molecular weight excluding hydrogens is 352 g/mol. The molecule has 0 saturated heterocycles. The zero-order valence-corrected chi connectivity index (χ0v) is 12.2. The highest BCUT2D eigenvalue weighted by Crippen LogP contribution is 2.24. The number of benzene rings is 2. The van der Waals surface area contributed by atoms with Crippen molar-refractivity contribution in [3.8, 4) is 0 Å². The van der Waals surface area contributed by atoms with Crippen LogP contribution in [0.25, 0.3) is 0 Å². The molecule has 0 aliphatic carbocycles. The Hall–Kier alpha value is -3.08. The molecule has 0 aromatic heterocycles. The molecule has 0 aliphatic heterocycles. The first-order valence-corrected chi connectivity index (χ1v) is 6.53. The fourth-order valence-electron chi connectivity index (χ4n) is 1.93. The number of rotatable bonds is 6. The largest absolute Gasteiger partial charge is 0.372 e. The predicted molar refractivity (Wildman–Crippen MR) is 74.5 cm³/mol. The van der Waals surface area contributed by atoms with Crippen molar-refractivity contribution in [2.45, 2.75) is 13.2 Å². The molecule has 0 heterocycles. The van der Waals surface area contributed by atoms with Crippen LogP contribution in [0.5, 0.6) is 0 Å². The summed E-state index contributed by atoms with van der Waals surface area (Å²) < 4.78 is 58.5. The summed E-state index contributed by atoms with van der Waals surface area (Å²) in [5, 5.41) is 21.2. The molecule has 2 aromatic carbocycles. The predicted octanol–water partition coefficient (Wildman–Crippen LogP) is 3.78. The number of hydrogen-bond donors (Lipinski definition) is 0. The second-order valence-electron chi connectivity index (χ2n) is 4.80. The van der Waals surface area contributed by atoms with Gasteiger partial charge in [0.05, 0.1) is 23.1 Å². The molecule has 0 saturated carbocycles. The number of hydrogen-bond acceptors (Lipinski definition) is 5. The molecule has 0 spiro atoms. The van der Waals surface area contributed by atoms with Crippen LogP contribution in [0.3, 0.4) is 0 Å². The quantitative estimate of drug-likeness (QED) is 0.444. The maximum atomic E-state index is 13.6. The summed E-state index contributed by atoms with van der Waals surface area (Å²) in [5.41, 5.74) is -2.68. The average molecular weight is 360 g/mol. The third-order valence-electron chi connectivity index (χ3n) is 3.14. The van der Waals surface area contributed by atoms with Crippen molar-refractivity contribution >= 4 is 11.4 Å². The maximum absolute atomic E-state index is 13.6. The van der Waals surface area contributed by atoms with Crippen LogP contribution in [0.2, 0.25) is 0 Å². The fraction of sp³-hybridized carbons (Fsp3) is 0.143. The molecule has 0 bridgehead atoms. The van der Waals surface area contributed by atoms with Gasteiger partial charge in [0.1, 0.15) is 11.6 Å². The van der Waals surface area contributed by atoms with Gasteiger partial charge in [0.2, 0.25) is 11.6 Å². The number of nitrogens with zero attached hydrogens (tertiary/aromatic N) is 2. The van der Waals surface area contributed by atoms with E-state index in [0.717, 1.165) is 0 Å². The van der Waals surface area contributed by atoms with Gasteiger partial charge in [-0.15, -0.1) is 0 Å². The standard InChI is InChI=1S/C14H8F4N2O5/c15-9-3-11(17)13(19(21)22)1-7(9)5-25-6-8-2-14(20(23)24)12(18)4-10(8)16/h1-4H,5-6H2. The summed E-state index contributed by atoms with van der Waals surface area (Å²) >= 11 is 0. The van der Waals surface area contributed by atoms with E-state index in [1.165, 1.54) is 0 Å². The molecule has 25 heavy (non-hydrogen) atoms. The Morgan fingerprint density at radius 2 is 1.08 bits per heavy atom. The molecule has 0 radical (unpaired) electrons. The highest BCUT2D eigenvalue weighted by molar-refractivity contribution is 5.38. The Bertz CT molecular complexity index is 790. The lowest BCUT2D eigenvalue weighted by molar-refractivity contribution is -0.387. The fourth-order valence-corrected chi connectivity index (χ4v) is 1.93. The molecule has 7 nitrogen and oxygen atoms in total. The van der Waals surface area contributed by atoms with Crippen molar-refractivity contribution in [3.05, 3.63) is 78.9 Å². The Morgan fingerprint density at radius 3 is 1.40 bits per heavy atom. The van der Waals surface area contributed by atoms with Gasteiger partial charge in [-0.25, -0.2) is 8.78 Å². The van der Waals surface area contributed by atoms with E-state index in [4.69, 9.17) is 4.74 Å².